The summed E-state index contributed by atoms with van der Waals surface area (Å²) in [6.45, 7) is 0. The smallest absolute Gasteiger partial charge is 0.334 e. The summed E-state index contributed by atoms with van der Waals surface area (Å²) < 4.78 is 5.34. The van der Waals surface area contributed by atoms with E-state index in [0.29, 0.717) is 0 Å². The number of carboxylic acid groups (broad SMARTS) is 1. The number of carboxylic acids is 1. The van der Waals surface area contributed by atoms with Gasteiger partial charge in [-0.15, -0.1) is 0 Å². The van der Waals surface area contributed by atoms with E-state index < -0.39 is 28.8 Å². The third-order valence-corrected chi connectivity index (χ3v) is 4.75. The normalized spacial score (nSPS) is 15.4. The molecular formula is C19H24N2O7. The minimum Gasteiger partial charge on any atom is -0.481 e. The zero-order chi connectivity index (χ0) is 20.5. The molecule has 0 aromatic heterocycles. The molecule has 0 saturated heterocycles. The Morgan fingerprint density at radius 2 is 1.79 bits per heavy atom. The van der Waals surface area contributed by atoms with Crippen molar-refractivity contribution in [1.29, 1.82) is 0 Å². The molecule has 0 radical (unpaired) electrons. The van der Waals surface area contributed by atoms with Crippen LogP contribution in [0.25, 0.3) is 0 Å². The number of aliphatic carboxylic acids is 1. The molecule has 1 aliphatic rings. The molecule has 0 spiro atoms. The van der Waals surface area contributed by atoms with Crippen LogP contribution in [0.1, 0.15) is 51.4 Å². The van der Waals surface area contributed by atoms with E-state index in [1.807, 2.05) is 0 Å². The van der Waals surface area contributed by atoms with Crippen molar-refractivity contribution in [2.75, 3.05) is 0 Å². The van der Waals surface area contributed by atoms with Crippen molar-refractivity contribution in [3.63, 3.8) is 0 Å². The quantitative estimate of drug-likeness (QED) is 0.285. The number of hydrogen-bond donors (Lipinski definition) is 2. The molecule has 0 bridgehead atoms. The predicted octanol–water partition coefficient (Wildman–Crippen LogP) is 2.82. The van der Waals surface area contributed by atoms with Gasteiger partial charge < -0.3 is 15.2 Å². The summed E-state index contributed by atoms with van der Waals surface area (Å²) in [6, 6.07) is 4.32. The number of benzene rings is 1. The Kier molecular flexibility index (Phi) is 7.91. The number of nitro benzene ring substituents is 1. The maximum atomic E-state index is 12.7. The highest BCUT2D eigenvalue weighted by molar-refractivity contribution is 5.86. The van der Waals surface area contributed by atoms with Gasteiger partial charge in [0, 0.05) is 25.0 Å². The zero-order valence-electron chi connectivity index (χ0n) is 15.5. The number of nitrogens with zero attached hydrogens (tertiary/aromatic N) is 1. The summed E-state index contributed by atoms with van der Waals surface area (Å²) in [5.74, 6) is -1.88. The molecule has 1 amide bonds. The van der Waals surface area contributed by atoms with Crippen LogP contribution in [0.5, 0.6) is 5.75 Å². The molecule has 2 rings (SSSR count). The van der Waals surface area contributed by atoms with E-state index in [1.165, 1.54) is 24.3 Å². The lowest BCUT2D eigenvalue weighted by molar-refractivity contribution is -0.384. The van der Waals surface area contributed by atoms with Crippen molar-refractivity contribution in [3.05, 3.63) is 34.4 Å². The molecule has 1 aliphatic carbocycles. The highest BCUT2D eigenvalue weighted by Gasteiger charge is 2.32. The first-order valence-corrected chi connectivity index (χ1v) is 9.34. The van der Waals surface area contributed by atoms with Gasteiger partial charge in [-0.25, -0.2) is 4.79 Å². The van der Waals surface area contributed by atoms with Gasteiger partial charge in [-0.1, -0.05) is 19.3 Å². The van der Waals surface area contributed by atoms with E-state index in [-0.39, 0.29) is 36.6 Å². The standard InChI is InChI=1S/C19H24N2O7/c22-16(7-4-8-17(23)24)20-18(13-5-2-1-3-6-13)19(25)28-15-11-9-14(10-12-15)21(26)27/h9-13,18H,1-8H2,(H,20,22)(H,23,24)/t18-/m0/s1. The van der Waals surface area contributed by atoms with E-state index in [0.717, 1.165) is 32.1 Å². The average molecular weight is 392 g/mol. The first kappa shape index (κ1) is 21.3. The van der Waals surface area contributed by atoms with Gasteiger partial charge >= 0.3 is 11.9 Å². The summed E-state index contributed by atoms with van der Waals surface area (Å²) in [4.78, 5) is 45.6. The molecule has 1 aromatic carbocycles. The minimum atomic E-state index is -0.978. The molecule has 0 unspecified atom stereocenters. The molecule has 1 saturated carbocycles. The SMILES string of the molecule is O=C(O)CCCC(=O)N[C@H](C(=O)Oc1ccc([N+](=O)[O-])cc1)C1CCCCC1. The summed E-state index contributed by atoms with van der Waals surface area (Å²) in [7, 11) is 0. The highest BCUT2D eigenvalue weighted by Crippen LogP contribution is 2.28. The second-order valence-corrected chi connectivity index (χ2v) is 6.86. The van der Waals surface area contributed by atoms with Gasteiger partial charge in [-0.3, -0.25) is 19.7 Å². The third-order valence-electron chi connectivity index (χ3n) is 4.75. The number of rotatable bonds is 9. The first-order chi connectivity index (χ1) is 13.4. The van der Waals surface area contributed by atoms with Gasteiger partial charge in [-0.2, -0.15) is 0 Å². The summed E-state index contributed by atoms with van der Waals surface area (Å²) in [5.41, 5.74) is -0.115. The van der Waals surface area contributed by atoms with Crippen molar-refractivity contribution < 1.29 is 29.2 Å². The van der Waals surface area contributed by atoms with Crippen molar-refractivity contribution >= 4 is 23.5 Å². The van der Waals surface area contributed by atoms with Crippen LogP contribution in [0.3, 0.4) is 0 Å². The topological polar surface area (TPSA) is 136 Å². The number of hydrogen-bond acceptors (Lipinski definition) is 6. The van der Waals surface area contributed by atoms with Gasteiger partial charge in [-0.05, 0) is 37.3 Å². The fourth-order valence-corrected chi connectivity index (χ4v) is 3.30. The van der Waals surface area contributed by atoms with Crippen LogP contribution in [-0.2, 0) is 14.4 Å². The second-order valence-electron chi connectivity index (χ2n) is 6.86. The van der Waals surface area contributed by atoms with Crippen LogP contribution in [0, 0.1) is 16.0 Å². The van der Waals surface area contributed by atoms with Crippen LogP contribution in [-0.4, -0.2) is 33.9 Å². The summed E-state index contributed by atoms with van der Waals surface area (Å²) in [6.07, 6.45) is 4.66. The van der Waals surface area contributed by atoms with Crippen LogP contribution in [0.4, 0.5) is 5.69 Å². The van der Waals surface area contributed by atoms with Crippen molar-refractivity contribution in [2.24, 2.45) is 5.92 Å². The molecule has 0 heterocycles. The Hall–Kier alpha value is -2.97. The first-order valence-electron chi connectivity index (χ1n) is 9.34. The molecule has 2 N–H and O–H groups in total. The molecule has 1 atom stereocenters. The van der Waals surface area contributed by atoms with Crippen LogP contribution >= 0.6 is 0 Å². The van der Waals surface area contributed by atoms with E-state index in [4.69, 9.17) is 9.84 Å². The van der Waals surface area contributed by atoms with Gasteiger partial charge in [0.2, 0.25) is 5.91 Å². The maximum Gasteiger partial charge on any atom is 0.334 e. The Bertz CT molecular complexity index is 711. The van der Waals surface area contributed by atoms with Gasteiger partial charge in [0.05, 0.1) is 4.92 Å². The Labute approximate surface area is 162 Å². The summed E-state index contributed by atoms with van der Waals surface area (Å²) >= 11 is 0. The number of carbonyl (C=O) groups excluding carboxylic acids is 2. The largest absolute Gasteiger partial charge is 0.481 e. The van der Waals surface area contributed by atoms with E-state index in [9.17, 15) is 24.5 Å². The number of carbonyl (C=O) groups is 3. The molecule has 1 aromatic rings. The lowest BCUT2D eigenvalue weighted by atomic mass is 9.83. The highest BCUT2D eigenvalue weighted by atomic mass is 16.6. The van der Waals surface area contributed by atoms with E-state index in [1.54, 1.807) is 0 Å². The van der Waals surface area contributed by atoms with Crippen molar-refractivity contribution in [1.82, 2.24) is 5.32 Å². The average Bonchev–Trinajstić information content (AvgIpc) is 2.67. The molecule has 28 heavy (non-hydrogen) atoms. The van der Waals surface area contributed by atoms with E-state index in [2.05, 4.69) is 5.32 Å². The van der Waals surface area contributed by atoms with Crippen molar-refractivity contribution in [2.45, 2.75) is 57.4 Å². The van der Waals surface area contributed by atoms with E-state index >= 15 is 0 Å². The molecule has 1 fully saturated rings. The Morgan fingerprint density at radius 1 is 1.14 bits per heavy atom. The lowest BCUT2D eigenvalue weighted by Gasteiger charge is -2.29. The maximum absolute atomic E-state index is 12.7. The number of esters is 1. The van der Waals surface area contributed by atoms with Crippen molar-refractivity contribution in [3.8, 4) is 5.75 Å². The molecule has 9 nitrogen and oxygen atoms in total. The predicted molar refractivity (Wildman–Crippen MR) is 98.7 cm³/mol. The monoisotopic (exact) mass is 392 g/mol. The minimum absolute atomic E-state index is 0.0142. The number of nitrogens with one attached hydrogen (secondary N) is 1. The third kappa shape index (κ3) is 6.64. The zero-order valence-corrected chi connectivity index (χ0v) is 15.5. The molecule has 152 valence electrons. The van der Waals surface area contributed by atoms with Crippen LogP contribution in [0.2, 0.25) is 0 Å². The number of nitro groups is 1. The fraction of sp³-hybridized carbons (Fsp3) is 0.526. The second kappa shape index (κ2) is 10.4. The summed E-state index contributed by atoms with van der Waals surface area (Å²) in [5, 5.41) is 22.1. The number of amides is 1. The number of non-ortho nitro benzene ring substituents is 1. The Balaban J connectivity index is 2.02. The molecular weight excluding hydrogens is 368 g/mol. The lowest BCUT2D eigenvalue weighted by Crippen LogP contribution is -2.48. The van der Waals surface area contributed by atoms with Gasteiger partial charge in [0.1, 0.15) is 11.8 Å². The van der Waals surface area contributed by atoms with Crippen LogP contribution < -0.4 is 10.1 Å². The molecule has 0 aliphatic heterocycles. The number of ether oxygens (including phenoxy) is 1. The van der Waals surface area contributed by atoms with Crippen LogP contribution in [0.15, 0.2) is 24.3 Å². The molecule has 9 heteroatoms. The van der Waals surface area contributed by atoms with Gasteiger partial charge in [0.15, 0.2) is 0 Å². The fourth-order valence-electron chi connectivity index (χ4n) is 3.30. The van der Waals surface area contributed by atoms with Gasteiger partial charge in [0.25, 0.3) is 5.69 Å². The Morgan fingerprint density at radius 3 is 2.36 bits per heavy atom.